The van der Waals surface area contributed by atoms with E-state index in [1.807, 2.05) is 6.07 Å². The van der Waals surface area contributed by atoms with E-state index in [0.717, 1.165) is 6.20 Å². The van der Waals surface area contributed by atoms with Gasteiger partial charge in [-0.15, -0.1) is 0 Å². The molecule has 90 valence electrons. The zero-order chi connectivity index (χ0) is 12.8. The number of carboxylic acid groups (broad SMARTS) is 1. The summed E-state index contributed by atoms with van der Waals surface area (Å²) < 4.78 is 1.22. The summed E-state index contributed by atoms with van der Waals surface area (Å²) in [6.45, 7) is 0.357. The quantitative estimate of drug-likeness (QED) is 0.451. The van der Waals surface area contributed by atoms with Gasteiger partial charge in [-0.05, 0) is 12.8 Å². The Balaban J connectivity index is 2.75. The smallest absolute Gasteiger partial charge is 0.363 e. The predicted octanol–water partition coefficient (Wildman–Crippen LogP) is 1.18. The van der Waals surface area contributed by atoms with Crippen molar-refractivity contribution < 1.29 is 14.8 Å². The van der Waals surface area contributed by atoms with Crippen LogP contribution >= 0.6 is 0 Å². The average Bonchev–Trinajstić information content (AvgIpc) is 2.69. The van der Waals surface area contributed by atoms with E-state index >= 15 is 0 Å². The summed E-state index contributed by atoms with van der Waals surface area (Å²) in [7, 11) is 0. The van der Waals surface area contributed by atoms with Crippen LogP contribution in [0, 0.1) is 21.4 Å². The summed E-state index contributed by atoms with van der Waals surface area (Å²) in [5.41, 5.74) is -1.08. The number of aryl methyl sites for hydroxylation is 1. The maximum absolute atomic E-state index is 10.7. The van der Waals surface area contributed by atoms with Crippen molar-refractivity contribution in [3.8, 4) is 6.07 Å². The molecule has 0 amide bonds. The van der Waals surface area contributed by atoms with Gasteiger partial charge in [-0.25, -0.2) is 4.79 Å². The van der Waals surface area contributed by atoms with Crippen molar-refractivity contribution in [1.29, 1.82) is 5.26 Å². The Kier molecular flexibility index (Phi) is 4.16. The number of carbonyl (C=O) groups is 1. The third-order valence-corrected chi connectivity index (χ3v) is 2.07. The molecular formula is C9H10N4O4. The summed E-state index contributed by atoms with van der Waals surface area (Å²) in [6.07, 6.45) is 2.75. The number of hydrogen-bond acceptors (Lipinski definition) is 5. The van der Waals surface area contributed by atoms with E-state index in [-0.39, 0.29) is 0 Å². The molecule has 1 rings (SSSR count). The summed E-state index contributed by atoms with van der Waals surface area (Å²) in [4.78, 5) is 20.5. The Labute approximate surface area is 96.2 Å². The number of hydrogen-bond donors (Lipinski definition) is 1. The largest absolute Gasteiger partial charge is 0.476 e. The van der Waals surface area contributed by atoms with Crippen molar-refractivity contribution >= 4 is 11.7 Å². The summed E-state index contributed by atoms with van der Waals surface area (Å²) >= 11 is 0. The molecule has 0 saturated heterocycles. The van der Waals surface area contributed by atoms with Gasteiger partial charge in [0.15, 0.2) is 0 Å². The molecule has 0 aliphatic heterocycles. The Bertz CT molecular complexity index is 442. The van der Waals surface area contributed by atoms with Gasteiger partial charge in [-0.1, -0.05) is 0 Å². The van der Waals surface area contributed by atoms with Crippen LogP contribution in [0.25, 0.3) is 0 Å². The average molecular weight is 238 g/mol. The van der Waals surface area contributed by atoms with E-state index in [0.29, 0.717) is 25.8 Å². The van der Waals surface area contributed by atoms with Gasteiger partial charge in [0, 0.05) is 13.0 Å². The minimum Gasteiger partial charge on any atom is -0.476 e. The third-order valence-electron chi connectivity index (χ3n) is 2.07. The summed E-state index contributed by atoms with van der Waals surface area (Å²) in [5.74, 6) is -1.42. The van der Waals surface area contributed by atoms with Crippen molar-refractivity contribution in [3.63, 3.8) is 0 Å². The first-order chi connectivity index (χ1) is 8.06. The molecule has 0 fully saturated rings. The zero-order valence-electron chi connectivity index (χ0n) is 8.87. The van der Waals surface area contributed by atoms with E-state index in [2.05, 4.69) is 5.10 Å². The number of aromatic nitrogens is 2. The van der Waals surface area contributed by atoms with Crippen LogP contribution in [-0.2, 0) is 6.54 Å². The molecular weight excluding hydrogens is 228 g/mol. The van der Waals surface area contributed by atoms with Crippen LogP contribution in [0.2, 0.25) is 0 Å². The molecule has 0 unspecified atom stereocenters. The fourth-order valence-corrected chi connectivity index (χ4v) is 1.29. The van der Waals surface area contributed by atoms with Gasteiger partial charge in [-0.3, -0.25) is 14.8 Å². The molecule has 0 aliphatic rings. The monoisotopic (exact) mass is 238 g/mol. The molecule has 0 aromatic carbocycles. The lowest BCUT2D eigenvalue weighted by molar-refractivity contribution is -0.385. The van der Waals surface area contributed by atoms with Crippen LogP contribution in [0.4, 0.5) is 5.69 Å². The van der Waals surface area contributed by atoms with Crippen LogP contribution < -0.4 is 0 Å². The molecule has 1 heterocycles. The highest BCUT2D eigenvalue weighted by Crippen LogP contribution is 2.16. The number of carboxylic acids is 1. The normalized spacial score (nSPS) is 9.82. The fraction of sp³-hybridized carbons (Fsp3) is 0.444. The predicted molar refractivity (Wildman–Crippen MR) is 55.3 cm³/mol. The molecule has 17 heavy (non-hydrogen) atoms. The number of nitro groups is 1. The first-order valence-electron chi connectivity index (χ1n) is 4.88. The van der Waals surface area contributed by atoms with Gasteiger partial charge in [-0.2, -0.15) is 10.4 Å². The topological polar surface area (TPSA) is 122 Å². The van der Waals surface area contributed by atoms with Gasteiger partial charge in [0.2, 0.25) is 5.69 Å². The molecule has 1 N–H and O–H groups in total. The van der Waals surface area contributed by atoms with Crippen molar-refractivity contribution in [3.05, 3.63) is 22.0 Å². The second-order valence-corrected chi connectivity index (χ2v) is 3.30. The number of nitrogens with zero attached hydrogens (tertiary/aromatic N) is 4. The summed E-state index contributed by atoms with van der Waals surface area (Å²) in [5, 5.41) is 31.2. The fourth-order valence-electron chi connectivity index (χ4n) is 1.29. The van der Waals surface area contributed by atoms with Crippen molar-refractivity contribution in [2.24, 2.45) is 0 Å². The first kappa shape index (κ1) is 12.6. The van der Waals surface area contributed by atoms with Gasteiger partial charge >= 0.3 is 11.7 Å². The molecule has 0 spiro atoms. The maximum atomic E-state index is 10.7. The number of nitriles is 1. The Hall–Kier alpha value is -2.43. The summed E-state index contributed by atoms with van der Waals surface area (Å²) in [6, 6.07) is 1.98. The Morgan fingerprint density at radius 3 is 2.82 bits per heavy atom. The SMILES string of the molecule is N#CCCCCn1cc([N+](=O)[O-])c(C(=O)O)n1. The van der Waals surface area contributed by atoms with Crippen LogP contribution in [0.1, 0.15) is 29.8 Å². The van der Waals surface area contributed by atoms with Gasteiger partial charge in [0.05, 0.1) is 11.0 Å². The lowest BCUT2D eigenvalue weighted by Crippen LogP contribution is -2.04. The number of aromatic carboxylic acids is 1. The van der Waals surface area contributed by atoms with Gasteiger partial charge < -0.3 is 5.11 Å². The highest BCUT2D eigenvalue weighted by molar-refractivity contribution is 5.89. The molecule has 8 heteroatoms. The molecule has 0 bridgehead atoms. The number of unbranched alkanes of at least 4 members (excludes halogenated alkanes) is 2. The second-order valence-electron chi connectivity index (χ2n) is 3.30. The van der Waals surface area contributed by atoms with Gasteiger partial charge in [0.1, 0.15) is 6.20 Å². The minimum absolute atomic E-state index is 0.357. The highest BCUT2D eigenvalue weighted by atomic mass is 16.6. The third kappa shape index (κ3) is 3.27. The Morgan fingerprint density at radius 1 is 1.65 bits per heavy atom. The number of rotatable bonds is 6. The van der Waals surface area contributed by atoms with E-state index in [9.17, 15) is 14.9 Å². The van der Waals surface area contributed by atoms with Crippen molar-refractivity contribution in [2.45, 2.75) is 25.8 Å². The molecule has 0 atom stereocenters. The van der Waals surface area contributed by atoms with Crippen LogP contribution in [0.15, 0.2) is 6.20 Å². The van der Waals surface area contributed by atoms with E-state index in [1.165, 1.54) is 4.68 Å². The molecule has 1 aromatic heterocycles. The zero-order valence-corrected chi connectivity index (χ0v) is 8.87. The van der Waals surface area contributed by atoms with E-state index in [1.54, 1.807) is 0 Å². The van der Waals surface area contributed by atoms with Gasteiger partial charge in [0.25, 0.3) is 0 Å². The minimum atomic E-state index is -1.42. The van der Waals surface area contributed by atoms with E-state index < -0.39 is 22.3 Å². The van der Waals surface area contributed by atoms with E-state index in [4.69, 9.17) is 10.4 Å². The molecule has 0 saturated carbocycles. The molecule has 8 nitrogen and oxygen atoms in total. The second kappa shape index (κ2) is 5.60. The van der Waals surface area contributed by atoms with Crippen molar-refractivity contribution in [2.75, 3.05) is 0 Å². The first-order valence-corrected chi connectivity index (χ1v) is 4.88. The Morgan fingerprint density at radius 2 is 2.35 bits per heavy atom. The standard InChI is InChI=1S/C9H10N4O4/c10-4-2-1-3-5-12-6-7(13(16)17)8(11-12)9(14)15/h6H,1-3,5H2,(H,14,15). The maximum Gasteiger partial charge on any atom is 0.363 e. The lowest BCUT2D eigenvalue weighted by Gasteiger charge is -1.97. The lowest BCUT2D eigenvalue weighted by atomic mass is 10.2. The van der Waals surface area contributed by atoms with Crippen LogP contribution in [0.5, 0.6) is 0 Å². The highest BCUT2D eigenvalue weighted by Gasteiger charge is 2.24. The van der Waals surface area contributed by atoms with Crippen LogP contribution in [0.3, 0.4) is 0 Å². The van der Waals surface area contributed by atoms with Crippen molar-refractivity contribution in [1.82, 2.24) is 9.78 Å². The molecule has 0 aliphatic carbocycles. The molecule has 0 radical (unpaired) electrons. The van der Waals surface area contributed by atoms with Crippen LogP contribution in [-0.4, -0.2) is 25.8 Å². The molecule has 1 aromatic rings.